The largest absolute Gasteiger partial charge is 0.325 e. The van der Waals surface area contributed by atoms with Crippen LogP contribution in [0.15, 0.2) is 0 Å². The van der Waals surface area contributed by atoms with Crippen molar-refractivity contribution in [3.8, 4) is 0 Å². The SMILES string of the molecule is CCC(C)(N)C1CC1. The summed E-state index contributed by atoms with van der Waals surface area (Å²) in [4.78, 5) is 0. The normalized spacial score (nSPS) is 27.4. The minimum absolute atomic E-state index is 0.153. The summed E-state index contributed by atoms with van der Waals surface area (Å²) in [6.45, 7) is 4.32. The van der Waals surface area contributed by atoms with Gasteiger partial charge in [-0.1, -0.05) is 6.92 Å². The van der Waals surface area contributed by atoms with Crippen molar-refractivity contribution in [2.75, 3.05) is 0 Å². The molecule has 0 bridgehead atoms. The van der Waals surface area contributed by atoms with Crippen LogP contribution in [0.5, 0.6) is 0 Å². The molecule has 0 spiro atoms. The molecule has 1 unspecified atom stereocenters. The molecule has 1 saturated carbocycles. The summed E-state index contributed by atoms with van der Waals surface area (Å²) >= 11 is 0. The first-order valence-corrected chi connectivity index (χ1v) is 3.45. The molecule has 48 valence electrons. The van der Waals surface area contributed by atoms with Crippen LogP contribution in [0.3, 0.4) is 0 Å². The van der Waals surface area contributed by atoms with E-state index in [4.69, 9.17) is 5.73 Å². The number of hydrogen-bond acceptors (Lipinski definition) is 1. The molecule has 2 N–H and O–H groups in total. The van der Waals surface area contributed by atoms with E-state index in [-0.39, 0.29) is 5.54 Å². The third-order valence-corrected chi connectivity index (χ3v) is 2.27. The van der Waals surface area contributed by atoms with E-state index in [2.05, 4.69) is 13.8 Å². The van der Waals surface area contributed by atoms with Crippen LogP contribution >= 0.6 is 0 Å². The molecular formula is C7H15N. The molecule has 0 aliphatic heterocycles. The lowest BCUT2D eigenvalue weighted by atomic mass is 9.94. The van der Waals surface area contributed by atoms with Gasteiger partial charge in [0.05, 0.1) is 0 Å². The summed E-state index contributed by atoms with van der Waals surface area (Å²) in [5, 5.41) is 0. The lowest BCUT2D eigenvalue weighted by Gasteiger charge is -2.21. The van der Waals surface area contributed by atoms with Gasteiger partial charge in [-0.3, -0.25) is 0 Å². The number of hydrogen-bond donors (Lipinski definition) is 1. The standard InChI is InChI=1S/C7H15N/c1-3-7(2,8)6-4-5-6/h6H,3-5,8H2,1-2H3. The number of nitrogens with two attached hydrogens (primary N) is 1. The Balaban J connectivity index is 2.37. The maximum absolute atomic E-state index is 5.92. The molecule has 1 aliphatic carbocycles. The topological polar surface area (TPSA) is 26.0 Å². The molecule has 8 heavy (non-hydrogen) atoms. The average molecular weight is 113 g/mol. The fraction of sp³-hybridized carbons (Fsp3) is 1.00. The molecular weight excluding hydrogens is 98.1 g/mol. The van der Waals surface area contributed by atoms with Crippen molar-refractivity contribution in [3.05, 3.63) is 0 Å². The molecule has 0 radical (unpaired) electrons. The van der Waals surface area contributed by atoms with Crippen LogP contribution in [0.2, 0.25) is 0 Å². The minimum atomic E-state index is 0.153. The van der Waals surface area contributed by atoms with Gasteiger partial charge in [0.1, 0.15) is 0 Å². The van der Waals surface area contributed by atoms with Crippen molar-refractivity contribution in [1.29, 1.82) is 0 Å². The van der Waals surface area contributed by atoms with Crippen molar-refractivity contribution in [1.82, 2.24) is 0 Å². The van der Waals surface area contributed by atoms with E-state index in [0.29, 0.717) is 0 Å². The van der Waals surface area contributed by atoms with Gasteiger partial charge in [-0.05, 0) is 32.1 Å². The smallest absolute Gasteiger partial charge is 0.0151 e. The van der Waals surface area contributed by atoms with E-state index in [0.717, 1.165) is 12.3 Å². The molecule has 0 amide bonds. The van der Waals surface area contributed by atoms with Crippen LogP contribution in [0.25, 0.3) is 0 Å². The fourth-order valence-electron chi connectivity index (χ4n) is 1.03. The van der Waals surface area contributed by atoms with Crippen LogP contribution in [-0.2, 0) is 0 Å². The van der Waals surface area contributed by atoms with Crippen molar-refractivity contribution >= 4 is 0 Å². The highest BCUT2D eigenvalue weighted by atomic mass is 14.8. The molecule has 0 saturated heterocycles. The molecule has 1 atom stereocenters. The molecule has 1 rings (SSSR count). The van der Waals surface area contributed by atoms with Gasteiger partial charge in [0.15, 0.2) is 0 Å². The Hall–Kier alpha value is -0.0400. The summed E-state index contributed by atoms with van der Waals surface area (Å²) in [5.74, 6) is 0.840. The van der Waals surface area contributed by atoms with E-state index in [1.807, 2.05) is 0 Å². The summed E-state index contributed by atoms with van der Waals surface area (Å²) in [7, 11) is 0. The fourth-order valence-corrected chi connectivity index (χ4v) is 1.03. The zero-order chi connectivity index (χ0) is 6.20. The van der Waals surface area contributed by atoms with Gasteiger partial charge in [0, 0.05) is 5.54 Å². The van der Waals surface area contributed by atoms with E-state index in [9.17, 15) is 0 Å². The lowest BCUT2D eigenvalue weighted by Crippen LogP contribution is -2.37. The second-order valence-electron chi connectivity index (χ2n) is 3.13. The molecule has 1 fully saturated rings. The maximum atomic E-state index is 5.92. The first-order valence-electron chi connectivity index (χ1n) is 3.45. The van der Waals surface area contributed by atoms with Crippen LogP contribution in [-0.4, -0.2) is 5.54 Å². The summed E-state index contributed by atoms with van der Waals surface area (Å²) in [5.41, 5.74) is 6.07. The minimum Gasteiger partial charge on any atom is -0.325 e. The van der Waals surface area contributed by atoms with Gasteiger partial charge in [-0.15, -0.1) is 0 Å². The van der Waals surface area contributed by atoms with Gasteiger partial charge < -0.3 is 5.73 Å². The Morgan fingerprint density at radius 1 is 1.62 bits per heavy atom. The lowest BCUT2D eigenvalue weighted by molar-refractivity contribution is 0.395. The van der Waals surface area contributed by atoms with Crippen molar-refractivity contribution in [2.24, 2.45) is 11.7 Å². The third kappa shape index (κ3) is 1.03. The van der Waals surface area contributed by atoms with Crippen LogP contribution in [0.4, 0.5) is 0 Å². The third-order valence-electron chi connectivity index (χ3n) is 2.27. The predicted octanol–water partition coefficient (Wildman–Crippen LogP) is 1.52. The highest BCUT2D eigenvalue weighted by molar-refractivity contribution is 4.93. The van der Waals surface area contributed by atoms with E-state index in [1.165, 1.54) is 12.8 Å². The molecule has 1 aliphatic rings. The zero-order valence-corrected chi connectivity index (χ0v) is 5.78. The van der Waals surface area contributed by atoms with Crippen LogP contribution in [0.1, 0.15) is 33.1 Å². The summed E-state index contributed by atoms with van der Waals surface area (Å²) < 4.78 is 0. The van der Waals surface area contributed by atoms with Crippen LogP contribution in [0, 0.1) is 5.92 Å². The highest BCUT2D eigenvalue weighted by Gasteiger charge is 2.36. The first kappa shape index (κ1) is 6.09. The molecule has 1 heteroatoms. The Kier molecular flexibility index (Phi) is 1.31. The van der Waals surface area contributed by atoms with Crippen LogP contribution < -0.4 is 5.73 Å². The Labute approximate surface area is 51.3 Å². The van der Waals surface area contributed by atoms with Gasteiger partial charge in [-0.2, -0.15) is 0 Å². The van der Waals surface area contributed by atoms with Gasteiger partial charge in [-0.25, -0.2) is 0 Å². The van der Waals surface area contributed by atoms with E-state index >= 15 is 0 Å². The van der Waals surface area contributed by atoms with Gasteiger partial charge in [0.25, 0.3) is 0 Å². The Morgan fingerprint density at radius 2 is 2.12 bits per heavy atom. The Bertz CT molecular complexity index is 82.4. The second kappa shape index (κ2) is 1.73. The van der Waals surface area contributed by atoms with Gasteiger partial charge >= 0.3 is 0 Å². The zero-order valence-electron chi connectivity index (χ0n) is 5.78. The molecule has 0 aromatic rings. The van der Waals surface area contributed by atoms with Crippen molar-refractivity contribution < 1.29 is 0 Å². The highest BCUT2D eigenvalue weighted by Crippen LogP contribution is 2.39. The quantitative estimate of drug-likeness (QED) is 0.577. The molecule has 0 aromatic heterocycles. The number of rotatable bonds is 2. The van der Waals surface area contributed by atoms with E-state index < -0.39 is 0 Å². The first-order chi connectivity index (χ1) is 3.67. The molecule has 0 aromatic carbocycles. The average Bonchev–Trinajstić information content (AvgIpc) is 2.44. The summed E-state index contributed by atoms with van der Waals surface area (Å²) in [6, 6.07) is 0. The van der Waals surface area contributed by atoms with E-state index in [1.54, 1.807) is 0 Å². The Morgan fingerprint density at radius 3 is 2.25 bits per heavy atom. The monoisotopic (exact) mass is 113 g/mol. The summed E-state index contributed by atoms with van der Waals surface area (Å²) in [6.07, 6.45) is 3.85. The van der Waals surface area contributed by atoms with Crippen molar-refractivity contribution in [3.63, 3.8) is 0 Å². The molecule has 1 nitrogen and oxygen atoms in total. The maximum Gasteiger partial charge on any atom is 0.0151 e. The second-order valence-corrected chi connectivity index (χ2v) is 3.13. The predicted molar refractivity (Wildman–Crippen MR) is 35.6 cm³/mol. The van der Waals surface area contributed by atoms with Crippen molar-refractivity contribution in [2.45, 2.75) is 38.6 Å². The van der Waals surface area contributed by atoms with Gasteiger partial charge in [0.2, 0.25) is 0 Å². The molecule has 0 heterocycles.